The maximum Gasteiger partial charge on any atom is 0.0981 e. The van der Waals surface area contributed by atoms with Crippen LogP contribution in [0.5, 0.6) is 0 Å². The van der Waals surface area contributed by atoms with Crippen molar-refractivity contribution < 1.29 is 0 Å². The summed E-state index contributed by atoms with van der Waals surface area (Å²) >= 11 is 0. The Morgan fingerprint density at radius 2 is 2.20 bits per heavy atom. The highest BCUT2D eigenvalue weighted by molar-refractivity contribution is 5.80. The molecule has 3 heteroatoms. The Morgan fingerprint density at radius 1 is 1.53 bits per heavy atom. The van der Waals surface area contributed by atoms with Crippen LogP contribution in [0.4, 0.5) is 0 Å². The Balaban J connectivity index is 2.43. The Morgan fingerprint density at radius 3 is 2.73 bits per heavy atom. The SMILES string of the molecule is CCN1CCCC1CN(C)C(=N)C(C)C. The minimum atomic E-state index is 0.339. The zero-order chi connectivity index (χ0) is 11.4. The summed E-state index contributed by atoms with van der Waals surface area (Å²) in [5.41, 5.74) is 0. The summed E-state index contributed by atoms with van der Waals surface area (Å²) < 4.78 is 0. The van der Waals surface area contributed by atoms with Gasteiger partial charge in [-0.2, -0.15) is 0 Å². The molecule has 0 aromatic carbocycles. The van der Waals surface area contributed by atoms with Crippen LogP contribution in [0.2, 0.25) is 0 Å². The molecule has 0 aromatic rings. The molecule has 3 nitrogen and oxygen atoms in total. The second-order valence-corrected chi connectivity index (χ2v) is 4.85. The summed E-state index contributed by atoms with van der Waals surface area (Å²) in [5.74, 6) is 1.10. The van der Waals surface area contributed by atoms with Gasteiger partial charge in [0.2, 0.25) is 0 Å². The van der Waals surface area contributed by atoms with Gasteiger partial charge in [0.25, 0.3) is 0 Å². The van der Waals surface area contributed by atoms with Gasteiger partial charge in [-0.05, 0) is 25.9 Å². The van der Waals surface area contributed by atoms with E-state index in [4.69, 9.17) is 5.41 Å². The molecule has 1 aliphatic heterocycles. The first-order valence-corrected chi connectivity index (χ1v) is 6.09. The fraction of sp³-hybridized carbons (Fsp3) is 0.917. The van der Waals surface area contributed by atoms with Crippen LogP contribution in [0.15, 0.2) is 0 Å². The van der Waals surface area contributed by atoms with E-state index in [2.05, 4.69) is 37.6 Å². The summed E-state index contributed by atoms with van der Waals surface area (Å²) in [4.78, 5) is 4.65. The molecule has 0 radical (unpaired) electrons. The number of nitrogens with zero attached hydrogens (tertiary/aromatic N) is 2. The van der Waals surface area contributed by atoms with Crippen molar-refractivity contribution in [3.05, 3.63) is 0 Å². The molecule has 0 aliphatic carbocycles. The van der Waals surface area contributed by atoms with Gasteiger partial charge in [0.1, 0.15) is 0 Å². The number of nitrogens with one attached hydrogen (secondary N) is 1. The highest BCUT2D eigenvalue weighted by atomic mass is 15.2. The molecule has 1 rings (SSSR count). The number of hydrogen-bond acceptors (Lipinski definition) is 2. The Labute approximate surface area is 94.0 Å². The second-order valence-electron chi connectivity index (χ2n) is 4.85. The van der Waals surface area contributed by atoms with Crippen molar-refractivity contribution in [2.45, 2.75) is 39.7 Å². The summed E-state index contributed by atoms with van der Waals surface area (Å²) in [6.07, 6.45) is 2.62. The lowest BCUT2D eigenvalue weighted by atomic mass is 10.1. The summed E-state index contributed by atoms with van der Waals surface area (Å²) in [6, 6.07) is 0.666. The van der Waals surface area contributed by atoms with Crippen LogP contribution >= 0.6 is 0 Å². The van der Waals surface area contributed by atoms with E-state index in [1.54, 1.807) is 0 Å². The summed E-state index contributed by atoms with van der Waals surface area (Å²) in [5, 5.41) is 7.94. The maximum absolute atomic E-state index is 7.94. The second kappa shape index (κ2) is 5.50. The quantitative estimate of drug-likeness (QED) is 0.570. The third-order valence-electron chi connectivity index (χ3n) is 3.35. The van der Waals surface area contributed by atoms with Crippen LogP contribution in [-0.4, -0.2) is 48.4 Å². The van der Waals surface area contributed by atoms with Crippen molar-refractivity contribution in [2.24, 2.45) is 5.92 Å². The van der Waals surface area contributed by atoms with E-state index in [1.165, 1.54) is 19.4 Å². The lowest BCUT2D eigenvalue weighted by Gasteiger charge is -2.30. The largest absolute Gasteiger partial charge is 0.362 e. The molecule has 0 aromatic heterocycles. The first kappa shape index (κ1) is 12.5. The van der Waals surface area contributed by atoms with Crippen molar-refractivity contribution in [1.29, 1.82) is 5.41 Å². The van der Waals surface area contributed by atoms with Crippen molar-refractivity contribution in [3.63, 3.8) is 0 Å². The van der Waals surface area contributed by atoms with Gasteiger partial charge in [0.15, 0.2) is 0 Å². The third kappa shape index (κ3) is 3.20. The summed E-state index contributed by atoms with van der Waals surface area (Å²) in [7, 11) is 2.05. The minimum absolute atomic E-state index is 0.339. The van der Waals surface area contributed by atoms with Crippen molar-refractivity contribution >= 4 is 5.84 Å². The molecular formula is C12H25N3. The van der Waals surface area contributed by atoms with Crippen molar-refractivity contribution in [3.8, 4) is 0 Å². The van der Waals surface area contributed by atoms with Gasteiger partial charge in [0.05, 0.1) is 5.84 Å². The van der Waals surface area contributed by atoms with E-state index in [9.17, 15) is 0 Å². The molecule has 0 saturated carbocycles. The average molecular weight is 211 g/mol. The molecule has 1 fully saturated rings. The molecule has 1 saturated heterocycles. The minimum Gasteiger partial charge on any atom is -0.362 e. The first-order valence-electron chi connectivity index (χ1n) is 6.09. The van der Waals surface area contributed by atoms with Gasteiger partial charge >= 0.3 is 0 Å². The van der Waals surface area contributed by atoms with Gasteiger partial charge in [-0.1, -0.05) is 20.8 Å². The molecule has 0 amide bonds. The van der Waals surface area contributed by atoms with Gasteiger partial charge in [0, 0.05) is 25.6 Å². The molecular weight excluding hydrogens is 186 g/mol. The Hall–Kier alpha value is -0.570. The lowest BCUT2D eigenvalue weighted by molar-refractivity contribution is 0.232. The first-order chi connectivity index (χ1) is 7.06. The maximum atomic E-state index is 7.94. The molecule has 15 heavy (non-hydrogen) atoms. The Bertz CT molecular complexity index is 213. The smallest absolute Gasteiger partial charge is 0.0981 e. The molecule has 1 heterocycles. The van der Waals surface area contributed by atoms with E-state index >= 15 is 0 Å². The van der Waals surface area contributed by atoms with Crippen LogP contribution in [0.3, 0.4) is 0 Å². The molecule has 1 N–H and O–H groups in total. The predicted octanol–water partition coefficient (Wildman–Crippen LogP) is 2.04. The molecule has 1 unspecified atom stereocenters. The van der Waals surface area contributed by atoms with Crippen LogP contribution in [-0.2, 0) is 0 Å². The normalized spacial score (nSPS) is 22.3. The fourth-order valence-electron chi connectivity index (χ4n) is 2.37. The molecule has 88 valence electrons. The number of hydrogen-bond donors (Lipinski definition) is 1. The van der Waals surface area contributed by atoms with Crippen LogP contribution in [0.1, 0.15) is 33.6 Å². The Kier molecular flexibility index (Phi) is 4.58. The molecule has 1 atom stereocenters. The fourth-order valence-corrected chi connectivity index (χ4v) is 2.37. The molecule has 1 aliphatic rings. The van der Waals surface area contributed by atoms with E-state index in [0.717, 1.165) is 18.9 Å². The topological polar surface area (TPSA) is 30.3 Å². The van der Waals surface area contributed by atoms with Gasteiger partial charge in [-0.15, -0.1) is 0 Å². The van der Waals surface area contributed by atoms with Gasteiger partial charge in [-0.3, -0.25) is 10.3 Å². The van der Waals surface area contributed by atoms with Crippen LogP contribution in [0.25, 0.3) is 0 Å². The molecule has 0 spiro atoms. The van der Waals surface area contributed by atoms with E-state index < -0.39 is 0 Å². The van der Waals surface area contributed by atoms with Crippen LogP contribution < -0.4 is 0 Å². The average Bonchev–Trinajstić information content (AvgIpc) is 2.63. The monoisotopic (exact) mass is 211 g/mol. The van der Waals surface area contributed by atoms with E-state index in [0.29, 0.717) is 12.0 Å². The highest BCUT2D eigenvalue weighted by Gasteiger charge is 2.24. The molecule has 0 bridgehead atoms. The number of likely N-dealkylation sites (N-methyl/N-ethyl adjacent to an activating group) is 2. The number of likely N-dealkylation sites (tertiary alicyclic amines) is 1. The van der Waals surface area contributed by atoms with E-state index in [1.807, 2.05) is 0 Å². The standard InChI is InChI=1S/C12H25N3/c1-5-15-8-6-7-11(15)9-14(4)12(13)10(2)3/h10-11,13H,5-9H2,1-4H3. The summed E-state index contributed by atoms with van der Waals surface area (Å²) in [6.45, 7) is 9.81. The predicted molar refractivity (Wildman–Crippen MR) is 65.5 cm³/mol. The number of rotatable bonds is 4. The number of amidine groups is 1. The van der Waals surface area contributed by atoms with Gasteiger partial charge < -0.3 is 4.90 Å². The highest BCUT2D eigenvalue weighted by Crippen LogP contribution is 2.17. The van der Waals surface area contributed by atoms with Gasteiger partial charge in [-0.25, -0.2) is 0 Å². The van der Waals surface area contributed by atoms with Crippen molar-refractivity contribution in [2.75, 3.05) is 26.7 Å². The lowest BCUT2D eigenvalue weighted by Crippen LogP contribution is -2.42. The van der Waals surface area contributed by atoms with Crippen molar-refractivity contribution in [1.82, 2.24) is 9.80 Å². The van der Waals surface area contributed by atoms with E-state index in [-0.39, 0.29) is 0 Å². The zero-order valence-electron chi connectivity index (χ0n) is 10.6. The third-order valence-corrected chi connectivity index (χ3v) is 3.35. The van der Waals surface area contributed by atoms with Crippen LogP contribution in [0, 0.1) is 11.3 Å². The zero-order valence-corrected chi connectivity index (χ0v) is 10.6.